The SMILES string of the molecule is Cc1cc(S(=O)(=O)Nc2ccc3c(ccn3CC(=O)N(C)C)c2)ccc1OCC(=O)O. The standard InChI is InChI=1S/C21H23N3O6S/c1-14-10-17(5-7-19(14)30-13-21(26)27)31(28,29)22-16-4-6-18-15(11-16)8-9-24(18)12-20(25)23(2)3/h4-11,22H,12-13H2,1-3H3,(H,26,27). The van der Waals surface area contributed by atoms with E-state index in [1.807, 2.05) is 6.07 Å². The highest BCUT2D eigenvalue weighted by Gasteiger charge is 2.17. The van der Waals surface area contributed by atoms with Crippen LogP contribution in [0, 0.1) is 6.92 Å². The zero-order chi connectivity index (χ0) is 22.8. The number of carbonyl (C=O) groups excluding carboxylic acids is 1. The Hall–Kier alpha value is -3.53. The lowest BCUT2D eigenvalue weighted by Gasteiger charge is -2.13. The third-order valence-corrected chi connectivity index (χ3v) is 6.01. The first-order valence-electron chi connectivity index (χ1n) is 9.34. The lowest BCUT2D eigenvalue weighted by molar-refractivity contribution is -0.139. The number of hydrogen-bond donors (Lipinski definition) is 2. The first kappa shape index (κ1) is 22.2. The lowest BCUT2D eigenvalue weighted by atomic mass is 10.2. The lowest BCUT2D eigenvalue weighted by Crippen LogP contribution is -2.25. The van der Waals surface area contributed by atoms with Crippen molar-refractivity contribution in [2.45, 2.75) is 18.4 Å². The molecule has 1 heterocycles. The molecule has 0 saturated heterocycles. The van der Waals surface area contributed by atoms with E-state index in [1.165, 1.54) is 23.1 Å². The fraction of sp³-hybridized carbons (Fsp3) is 0.238. The summed E-state index contributed by atoms with van der Waals surface area (Å²) in [7, 11) is -0.490. The van der Waals surface area contributed by atoms with E-state index in [0.29, 0.717) is 17.0 Å². The Labute approximate surface area is 179 Å². The Kier molecular flexibility index (Phi) is 6.21. The zero-order valence-electron chi connectivity index (χ0n) is 17.3. The van der Waals surface area contributed by atoms with Crippen molar-refractivity contribution in [3.8, 4) is 5.75 Å². The van der Waals surface area contributed by atoms with E-state index in [-0.39, 0.29) is 17.3 Å². The first-order valence-corrected chi connectivity index (χ1v) is 10.8. The summed E-state index contributed by atoms with van der Waals surface area (Å²) in [6, 6.07) is 11.1. The van der Waals surface area contributed by atoms with Gasteiger partial charge in [0.2, 0.25) is 5.91 Å². The molecule has 0 bridgehead atoms. The number of sulfonamides is 1. The molecule has 2 aromatic carbocycles. The minimum Gasteiger partial charge on any atom is -0.482 e. The molecule has 0 spiro atoms. The number of aromatic nitrogens is 1. The maximum atomic E-state index is 12.8. The molecule has 2 N–H and O–H groups in total. The van der Waals surface area contributed by atoms with Crippen molar-refractivity contribution >= 4 is 38.5 Å². The van der Waals surface area contributed by atoms with Crippen LogP contribution in [-0.2, 0) is 26.2 Å². The van der Waals surface area contributed by atoms with E-state index in [4.69, 9.17) is 9.84 Å². The summed E-state index contributed by atoms with van der Waals surface area (Å²) >= 11 is 0. The third-order valence-electron chi connectivity index (χ3n) is 4.64. The molecule has 3 rings (SSSR count). The molecule has 0 fully saturated rings. The van der Waals surface area contributed by atoms with Crippen molar-refractivity contribution in [2.24, 2.45) is 0 Å². The normalized spacial score (nSPS) is 11.3. The molecule has 3 aromatic rings. The third kappa shape index (κ3) is 5.15. The van der Waals surface area contributed by atoms with Crippen LogP contribution < -0.4 is 9.46 Å². The van der Waals surface area contributed by atoms with E-state index in [0.717, 1.165) is 10.9 Å². The number of anilines is 1. The number of nitrogens with one attached hydrogen (secondary N) is 1. The average molecular weight is 445 g/mol. The summed E-state index contributed by atoms with van der Waals surface area (Å²) in [5.41, 5.74) is 1.70. The number of ether oxygens (including phenoxy) is 1. The topological polar surface area (TPSA) is 118 Å². The second kappa shape index (κ2) is 8.68. The van der Waals surface area contributed by atoms with Crippen LogP contribution in [0.25, 0.3) is 10.9 Å². The fourth-order valence-corrected chi connectivity index (χ4v) is 4.13. The van der Waals surface area contributed by atoms with Crippen LogP contribution in [0.4, 0.5) is 5.69 Å². The highest BCUT2D eigenvalue weighted by molar-refractivity contribution is 7.92. The smallest absolute Gasteiger partial charge is 0.341 e. The molecule has 0 aliphatic rings. The maximum absolute atomic E-state index is 12.8. The Morgan fingerprint density at radius 3 is 2.52 bits per heavy atom. The minimum absolute atomic E-state index is 0.0296. The van der Waals surface area contributed by atoms with Gasteiger partial charge >= 0.3 is 5.97 Å². The molecule has 0 aliphatic heterocycles. The van der Waals surface area contributed by atoms with Crippen molar-refractivity contribution in [3.05, 3.63) is 54.2 Å². The first-order chi connectivity index (χ1) is 14.6. The molecular weight excluding hydrogens is 422 g/mol. The molecule has 1 amide bonds. The van der Waals surface area contributed by atoms with Gasteiger partial charge < -0.3 is 19.3 Å². The van der Waals surface area contributed by atoms with Gasteiger partial charge in [0.15, 0.2) is 6.61 Å². The van der Waals surface area contributed by atoms with Crippen LogP contribution in [0.1, 0.15) is 5.56 Å². The number of carbonyl (C=O) groups is 2. The molecule has 0 atom stereocenters. The maximum Gasteiger partial charge on any atom is 0.341 e. The van der Waals surface area contributed by atoms with Crippen LogP contribution >= 0.6 is 0 Å². The molecule has 0 radical (unpaired) electrons. The second-order valence-electron chi connectivity index (χ2n) is 7.22. The minimum atomic E-state index is -3.87. The van der Waals surface area contributed by atoms with Gasteiger partial charge in [0.25, 0.3) is 10.0 Å². The molecule has 164 valence electrons. The Morgan fingerprint density at radius 1 is 1.13 bits per heavy atom. The number of likely N-dealkylation sites (N-methyl/N-ethyl adjacent to an activating group) is 1. The summed E-state index contributed by atoms with van der Waals surface area (Å²) in [5, 5.41) is 9.50. The number of fused-ring (bicyclic) bond motifs is 1. The van der Waals surface area contributed by atoms with E-state index in [2.05, 4.69) is 4.72 Å². The average Bonchev–Trinajstić information content (AvgIpc) is 3.08. The molecule has 10 heteroatoms. The van der Waals surface area contributed by atoms with Gasteiger partial charge in [-0.15, -0.1) is 0 Å². The predicted molar refractivity (Wildman–Crippen MR) is 116 cm³/mol. The highest BCUT2D eigenvalue weighted by atomic mass is 32.2. The van der Waals surface area contributed by atoms with E-state index in [9.17, 15) is 18.0 Å². The van der Waals surface area contributed by atoms with E-state index >= 15 is 0 Å². The monoisotopic (exact) mass is 445 g/mol. The molecule has 31 heavy (non-hydrogen) atoms. The van der Waals surface area contributed by atoms with Crippen LogP contribution in [0.2, 0.25) is 0 Å². The largest absolute Gasteiger partial charge is 0.482 e. The second-order valence-corrected chi connectivity index (χ2v) is 8.90. The van der Waals surface area contributed by atoms with Crippen molar-refractivity contribution < 1.29 is 27.9 Å². The van der Waals surface area contributed by atoms with Crippen LogP contribution in [0.3, 0.4) is 0 Å². The van der Waals surface area contributed by atoms with Crippen LogP contribution in [0.15, 0.2) is 53.6 Å². The van der Waals surface area contributed by atoms with Crippen molar-refractivity contribution in [2.75, 3.05) is 25.4 Å². The fourth-order valence-electron chi connectivity index (χ4n) is 2.99. The molecule has 0 aliphatic carbocycles. The van der Waals surface area contributed by atoms with Gasteiger partial charge in [-0.2, -0.15) is 0 Å². The van der Waals surface area contributed by atoms with Crippen molar-refractivity contribution in [3.63, 3.8) is 0 Å². The molecule has 0 saturated carbocycles. The number of carboxylic acid groups (broad SMARTS) is 1. The number of amides is 1. The van der Waals surface area contributed by atoms with Gasteiger partial charge in [-0.3, -0.25) is 9.52 Å². The van der Waals surface area contributed by atoms with Crippen molar-refractivity contribution in [1.29, 1.82) is 0 Å². The van der Waals surface area contributed by atoms with Gasteiger partial charge in [-0.1, -0.05) is 0 Å². The predicted octanol–water partition coefficient (Wildman–Crippen LogP) is 2.30. The number of carboxylic acids is 1. The van der Waals surface area contributed by atoms with Gasteiger partial charge in [-0.25, -0.2) is 13.2 Å². The summed E-state index contributed by atoms with van der Waals surface area (Å²) in [6.45, 7) is 1.32. The number of benzene rings is 2. The number of rotatable bonds is 8. The number of aryl methyl sites for hydroxylation is 1. The quantitative estimate of drug-likeness (QED) is 0.549. The van der Waals surface area contributed by atoms with Crippen LogP contribution in [-0.4, -0.2) is 55.6 Å². The van der Waals surface area contributed by atoms with Gasteiger partial charge in [0.1, 0.15) is 12.3 Å². The van der Waals surface area contributed by atoms with Crippen molar-refractivity contribution in [1.82, 2.24) is 9.47 Å². The number of aliphatic carboxylic acids is 1. The Balaban J connectivity index is 1.80. The van der Waals surface area contributed by atoms with Gasteiger partial charge in [0, 0.05) is 36.9 Å². The van der Waals surface area contributed by atoms with E-state index in [1.54, 1.807) is 50.0 Å². The summed E-state index contributed by atoms with van der Waals surface area (Å²) in [5.74, 6) is -0.863. The Bertz CT molecular complexity index is 1250. The van der Waals surface area contributed by atoms with E-state index < -0.39 is 22.6 Å². The van der Waals surface area contributed by atoms with Gasteiger partial charge in [-0.05, 0) is 55.0 Å². The van der Waals surface area contributed by atoms with Gasteiger partial charge in [0.05, 0.1) is 4.90 Å². The zero-order valence-corrected chi connectivity index (χ0v) is 18.1. The summed E-state index contributed by atoms with van der Waals surface area (Å²) in [4.78, 5) is 24.1. The number of hydrogen-bond acceptors (Lipinski definition) is 5. The molecule has 9 nitrogen and oxygen atoms in total. The van der Waals surface area contributed by atoms with Crippen LogP contribution in [0.5, 0.6) is 5.75 Å². The number of nitrogens with zero attached hydrogens (tertiary/aromatic N) is 2. The molecule has 0 unspecified atom stereocenters. The molecular formula is C21H23N3O6S. The summed E-state index contributed by atoms with van der Waals surface area (Å²) < 4.78 is 35.1. The Morgan fingerprint density at radius 2 is 1.87 bits per heavy atom. The molecule has 1 aromatic heterocycles. The summed E-state index contributed by atoms with van der Waals surface area (Å²) in [6.07, 6.45) is 1.78. The highest BCUT2D eigenvalue weighted by Crippen LogP contribution is 2.26.